The van der Waals surface area contributed by atoms with Gasteiger partial charge in [0.05, 0.1) is 24.6 Å². The molecule has 0 spiro atoms. The first-order valence-electron chi connectivity index (χ1n) is 6.35. The molecule has 1 amide bonds. The number of hydrogen-bond acceptors (Lipinski definition) is 6. The number of likely N-dealkylation sites (N-methyl/N-ethyl adjacent to an activating group) is 1. The summed E-state index contributed by atoms with van der Waals surface area (Å²) in [6, 6.07) is 1.68. The number of rotatable bonds is 3. The van der Waals surface area contributed by atoms with Gasteiger partial charge in [-0.2, -0.15) is 0 Å². The first-order valence-corrected chi connectivity index (χ1v) is 6.35. The summed E-state index contributed by atoms with van der Waals surface area (Å²) in [5.74, 6) is 0.194. The standard InChI is InChI=1S/C13H18N4O3/c1-17-7-8(3-4-12(17)18)16-11-5-9(13(19)20-2)10(14)6-15-11/h5-6,8H,3-4,7,14H2,1-2H3,(H,15,16). The molecule has 7 heteroatoms. The lowest BCUT2D eigenvalue weighted by atomic mass is 10.1. The van der Waals surface area contributed by atoms with Crippen LogP contribution in [0.25, 0.3) is 0 Å². The Morgan fingerprint density at radius 1 is 1.60 bits per heavy atom. The highest BCUT2D eigenvalue weighted by atomic mass is 16.5. The van der Waals surface area contributed by atoms with E-state index in [1.165, 1.54) is 13.3 Å². The molecule has 7 nitrogen and oxygen atoms in total. The number of hydrogen-bond donors (Lipinski definition) is 2. The van der Waals surface area contributed by atoms with Crippen molar-refractivity contribution in [3.05, 3.63) is 17.8 Å². The number of ether oxygens (including phenoxy) is 1. The molecule has 1 aliphatic rings. The van der Waals surface area contributed by atoms with E-state index < -0.39 is 5.97 Å². The Kier molecular flexibility index (Phi) is 4.07. The minimum absolute atomic E-state index is 0.110. The molecule has 0 aliphatic carbocycles. The molecule has 0 aromatic carbocycles. The van der Waals surface area contributed by atoms with Gasteiger partial charge in [0.2, 0.25) is 5.91 Å². The van der Waals surface area contributed by atoms with Crippen LogP contribution < -0.4 is 11.1 Å². The van der Waals surface area contributed by atoms with Crippen LogP contribution in [0.1, 0.15) is 23.2 Å². The Morgan fingerprint density at radius 3 is 3.00 bits per heavy atom. The van der Waals surface area contributed by atoms with Gasteiger partial charge in [-0.05, 0) is 12.5 Å². The Labute approximate surface area is 117 Å². The van der Waals surface area contributed by atoms with Gasteiger partial charge in [0.15, 0.2) is 0 Å². The smallest absolute Gasteiger partial charge is 0.340 e. The lowest BCUT2D eigenvalue weighted by Crippen LogP contribution is -2.43. The summed E-state index contributed by atoms with van der Waals surface area (Å²) in [7, 11) is 3.07. The molecule has 1 fully saturated rings. The number of amides is 1. The third kappa shape index (κ3) is 2.98. The molecule has 1 aromatic rings. The molecule has 108 valence electrons. The van der Waals surface area contributed by atoms with Gasteiger partial charge < -0.3 is 20.7 Å². The first kappa shape index (κ1) is 14.1. The maximum absolute atomic E-state index is 11.6. The first-order chi connectivity index (χ1) is 9.51. The van der Waals surface area contributed by atoms with Gasteiger partial charge >= 0.3 is 5.97 Å². The summed E-state index contributed by atoms with van der Waals surface area (Å²) in [6.45, 7) is 0.610. The number of anilines is 2. The monoisotopic (exact) mass is 278 g/mol. The number of nitrogens with one attached hydrogen (secondary N) is 1. The fourth-order valence-electron chi connectivity index (χ4n) is 2.17. The maximum Gasteiger partial charge on any atom is 0.340 e. The normalized spacial score (nSPS) is 18.8. The molecule has 1 aliphatic heterocycles. The molecule has 1 unspecified atom stereocenters. The van der Waals surface area contributed by atoms with Crippen molar-refractivity contribution in [1.29, 1.82) is 0 Å². The molecular formula is C13H18N4O3. The zero-order chi connectivity index (χ0) is 14.7. The van der Waals surface area contributed by atoms with Crippen LogP contribution in [0.5, 0.6) is 0 Å². The molecule has 1 atom stereocenters. The van der Waals surface area contributed by atoms with Crippen LogP contribution in [0, 0.1) is 0 Å². The predicted molar refractivity (Wildman–Crippen MR) is 74.3 cm³/mol. The Hall–Kier alpha value is -2.31. The van der Waals surface area contributed by atoms with E-state index in [-0.39, 0.29) is 23.2 Å². The van der Waals surface area contributed by atoms with E-state index in [9.17, 15) is 9.59 Å². The van der Waals surface area contributed by atoms with E-state index in [1.807, 2.05) is 0 Å². The lowest BCUT2D eigenvalue weighted by Gasteiger charge is -2.30. The zero-order valence-corrected chi connectivity index (χ0v) is 11.5. The summed E-state index contributed by atoms with van der Waals surface area (Å²) in [4.78, 5) is 28.8. The second kappa shape index (κ2) is 5.77. The van der Waals surface area contributed by atoms with Crippen molar-refractivity contribution in [3.8, 4) is 0 Å². The fraction of sp³-hybridized carbons (Fsp3) is 0.462. The highest BCUT2D eigenvalue weighted by Crippen LogP contribution is 2.19. The number of aromatic nitrogens is 1. The van der Waals surface area contributed by atoms with Gasteiger partial charge in [0, 0.05) is 26.1 Å². The van der Waals surface area contributed by atoms with Gasteiger partial charge in [-0.1, -0.05) is 0 Å². The number of methoxy groups -OCH3 is 1. The van der Waals surface area contributed by atoms with Crippen LogP contribution in [0.15, 0.2) is 12.3 Å². The van der Waals surface area contributed by atoms with Crippen LogP contribution in [-0.2, 0) is 9.53 Å². The number of carbonyl (C=O) groups excluding carboxylic acids is 2. The second-order valence-corrected chi connectivity index (χ2v) is 4.80. The maximum atomic E-state index is 11.6. The lowest BCUT2D eigenvalue weighted by molar-refractivity contribution is -0.132. The number of pyridine rings is 1. The van der Waals surface area contributed by atoms with Crippen molar-refractivity contribution >= 4 is 23.4 Å². The van der Waals surface area contributed by atoms with Gasteiger partial charge in [0.25, 0.3) is 0 Å². The van der Waals surface area contributed by atoms with E-state index in [1.54, 1.807) is 18.0 Å². The van der Waals surface area contributed by atoms with Crippen molar-refractivity contribution in [2.75, 3.05) is 31.8 Å². The van der Waals surface area contributed by atoms with Crippen molar-refractivity contribution in [2.24, 2.45) is 0 Å². The average Bonchev–Trinajstić information content (AvgIpc) is 2.44. The summed E-state index contributed by atoms with van der Waals surface area (Å²) in [5, 5.41) is 3.21. The number of piperidine rings is 1. The molecule has 1 saturated heterocycles. The molecular weight excluding hydrogens is 260 g/mol. The Balaban J connectivity index is 2.10. The Bertz CT molecular complexity index is 532. The van der Waals surface area contributed by atoms with E-state index in [2.05, 4.69) is 15.0 Å². The minimum atomic E-state index is -0.496. The van der Waals surface area contributed by atoms with Crippen LogP contribution in [0.2, 0.25) is 0 Å². The average molecular weight is 278 g/mol. The highest BCUT2D eigenvalue weighted by Gasteiger charge is 2.23. The van der Waals surface area contributed by atoms with Crippen LogP contribution >= 0.6 is 0 Å². The molecule has 0 radical (unpaired) electrons. The fourth-order valence-corrected chi connectivity index (χ4v) is 2.17. The molecule has 2 rings (SSSR count). The van der Waals surface area contributed by atoms with E-state index in [0.29, 0.717) is 18.8 Å². The number of nitrogens with two attached hydrogens (primary N) is 1. The number of likely N-dealkylation sites (tertiary alicyclic amines) is 1. The van der Waals surface area contributed by atoms with Gasteiger partial charge in [-0.25, -0.2) is 9.78 Å². The van der Waals surface area contributed by atoms with E-state index in [0.717, 1.165) is 6.42 Å². The number of nitrogens with zero attached hydrogens (tertiary/aromatic N) is 2. The third-order valence-corrected chi connectivity index (χ3v) is 3.32. The SMILES string of the molecule is COC(=O)c1cc(NC2CCC(=O)N(C)C2)ncc1N. The minimum Gasteiger partial charge on any atom is -0.465 e. The molecule has 0 bridgehead atoms. The van der Waals surface area contributed by atoms with Crippen LogP contribution in [0.3, 0.4) is 0 Å². The van der Waals surface area contributed by atoms with Gasteiger partial charge in [0.1, 0.15) is 5.82 Å². The summed E-state index contributed by atoms with van der Waals surface area (Å²) in [5.41, 5.74) is 6.25. The zero-order valence-electron chi connectivity index (χ0n) is 11.5. The molecule has 0 saturated carbocycles. The van der Waals surface area contributed by atoms with Crippen LogP contribution in [-0.4, -0.2) is 48.5 Å². The van der Waals surface area contributed by atoms with Crippen molar-refractivity contribution in [1.82, 2.24) is 9.88 Å². The topological polar surface area (TPSA) is 97.5 Å². The molecule has 3 N–H and O–H groups in total. The molecule has 20 heavy (non-hydrogen) atoms. The van der Waals surface area contributed by atoms with Gasteiger partial charge in [-0.3, -0.25) is 4.79 Å². The Morgan fingerprint density at radius 2 is 2.35 bits per heavy atom. The summed E-state index contributed by atoms with van der Waals surface area (Å²) >= 11 is 0. The van der Waals surface area contributed by atoms with E-state index >= 15 is 0 Å². The van der Waals surface area contributed by atoms with E-state index in [4.69, 9.17) is 5.73 Å². The molecule has 1 aromatic heterocycles. The predicted octanol–water partition coefficient (Wildman–Crippen LogP) is 0.483. The largest absolute Gasteiger partial charge is 0.465 e. The van der Waals surface area contributed by atoms with Crippen molar-refractivity contribution < 1.29 is 14.3 Å². The van der Waals surface area contributed by atoms with Crippen molar-refractivity contribution in [2.45, 2.75) is 18.9 Å². The molecule has 2 heterocycles. The number of nitrogen functional groups attached to an aromatic ring is 1. The second-order valence-electron chi connectivity index (χ2n) is 4.80. The number of esters is 1. The number of carbonyl (C=O) groups is 2. The summed E-state index contributed by atoms with van der Waals surface area (Å²) in [6.07, 6.45) is 2.67. The quantitative estimate of drug-likeness (QED) is 0.781. The van der Waals surface area contributed by atoms with Gasteiger partial charge in [-0.15, -0.1) is 0 Å². The van der Waals surface area contributed by atoms with Crippen LogP contribution in [0.4, 0.5) is 11.5 Å². The summed E-state index contributed by atoms with van der Waals surface area (Å²) < 4.78 is 4.67. The van der Waals surface area contributed by atoms with Crippen molar-refractivity contribution in [3.63, 3.8) is 0 Å². The highest BCUT2D eigenvalue weighted by molar-refractivity contribution is 5.95. The third-order valence-electron chi connectivity index (χ3n) is 3.32.